The summed E-state index contributed by atoms with van der Waals surface area (Å²) in [6, 6.07) is 6.77. The topological polar surface area (TPSA) is 75.1 Å². The third-order valence-corrected chi connectivity index (χ3v) is 1.41. The summed E-state index contributed by atoms with van der Waals surface area (Å²) in [4.78, 5) is 12.5. The number of hydrogen-bond acceptors (Lipinski definition) is 3. The molecule has 0 radical (unpaired) electrons. The van der Waals surface area contributed by atoms with Gasteiger partial charge in [-0.25, -0.2) is 0 Å². The summed E-state index contributed by atoms with van der Waals surface area (Å²) < 4.78 is 4.54. The summed E-state index contributed by atoms with van der Waals surface area (Å²) in [5.74, 6) is 0. The Labute approximate surface area is 74.6 Å². The number of ether oxygens (including phenoxy) is 1. The van der Waals surface area contributed by atoms with Crippen LogP contribution in [0.2, 0.25) is 0 Å². The molecule has 1 rings (SSSR count). The van der Waals surface area contributed by atoms with Gasteiger partial charge in [-0.2, -0.15) is 0 Å². The van der Waals surface area contributed by atoms with Gasteiger partial charge in [-0.1, -0.05) is 29.4 Å². The predicted molar refractivity (Wildman–Crippen MR) is 46.1 cm³/mol. The zero-order chi connectivity index (χ0) is 9.52. The van der Waals surface area contributed by atoms with E-state index in [2.05, 4.69) is 14.8 Å². The van der Waals surface area contributed by atoms with Crippen molar-refractivity contribution >= 4 is 12.2 Å². The van der Waals surface area contributed by atoms with E-state index in [4.69, 9.17) is 5.53 Å². The van der Waals surface area contributed by atoms with Gasteiger partial charge in [0.1, 0.15) is 6.61 Å². The van der Waals surface area contributed by atoms with Crippen LogP contribution in [0.25, 0.3) is 10.4 Å². The zero-order valence-corrected chi connectivity index (χ0v) is 6.75. The number of nitrogens with zero attached hydrogens (tertiary/aromatic N) is 3. The Morgan fingerprint density at radius 1 is 1.46 bits per heavy atom. The average Bonchev–Trinajstić information content (AvgIpc) is 2.17. The molecule has 0 aliphatic heterocycles. The fourth-order valence-corrected chi connectivity index (χ4v) is 0.841. The van der Waals surface area contributed by atoms with Crippen LogP contribution in [0.1, 0.15) is 5.56 Å². The molecule has 1 aromatic carbocycles. The number of azide groups is 1. The summed E-state index contributed by atoms with van der Waals surface area (Å²) >= 11 is 0. The number of carbonyl (C=O) groups excluding carboxylic acids is 1. The lowest BCUT2D eigenvalue weighted by Gasteiger charge is -1.98. The van der Waals surface area contributed by atoms with Crippen molar-refractivity contribution in [3.63, 3.8) is 0 Å². The average molecular weight is 177 g/mol. The molecule has 0 amide bonds. The van der Waals surface area contributed by atoms with E-state index in [1.807, 2.05) is 0 Å². The lowest BCUT2D eigenvalue weighted by atomic mass is 10.2. The van der Waals surface area contributed by atoms with E-state index >= 15 is 0 Å². The Morgan fingerprint density at radius 3 is 2.69 bits per heavy atom. The normalized spacial score (nSPS) is 8.62. The fourth-order valence-electron chi connectivity index (χ4n) is 0.841. The molecule has 0 bridgehead atoms. The van der Waals surface area contributed by atoms with E-state index in [0.29, 0.717) is 12.2 Å². The maximum Gasteiger partial charge on any atom is 0.293 e. The summed E-state index contributed by atoms with van der Waals surface area (Å²) in [6.45, 7) is 0.626. The standard InChI is InChI=1S/C8H7N3O2/c9-11-10-8-3-1-7(2-4-8)5-13-6-12/h1-4,6H,5H2. The minimum atomic E-state index is 0.236. The first-order chi connectivity index (χ1) is 6.36. The first kappa shape index (κ1) is 9.09. The van der Waals surface area contributed by atoms with Gasteiger partial charge in [0.2, 0.25) is 0 Å². The van der Waals surface area contributed by atoms with Crippen LogP contribution in [0.5, 0.6) is 0 Å². The highest BCUT2D eigenvalue weighted by molar-refractivity contribution is 5.40. The van der Waals surface area contributed by atoms with Crippen LogP contribution in [-0.4, -0.2) is 6.47 Å². The van der Waals surface area contributed by atoms with Crippen LogP contribution in [0, 0.1) is 0 Å². The van der Waals surface area contributed by atoms with Crippen LogP contribution in [0.4, 0.5) is 5.69 Å². The molecule has 0 spiro atoms. The van der Waals surface area contributed by atoms with Crippen molar-refractivity contribution in [2.24, 2.45) is 5.11 Å². The van der Waals surface area contributed by atoms with E-state index in [0.717, 1.165) is 5.56 Å². The van der Waals surface area contributed by atoms with Crippen molar-refractivity contribution in [3.8, 4) is 0 Å². The van der Waals surface area contributed by atoms with Gasteiger partial charge >= 0.3 is 0 Å². The Bertz CT molecular complexity index is 328. The molecule has 0 atom stereocenters. The summed E-state index contributed by atoms with van der Waals surface area (Å²) in [5, 5.41) is 3.40. The van der Waals surface area contributed by atoms with Crippen molar-refractivity contribution < 1.29 is 9.53 Å². The molecule has 13 heavy (non-hydrogen) atoms. The molecule has 5 nitrogen and oxygen atoms in total. The van der Waals surface area contributed by atoms with E-state index in [1.54, 1.807) is 24.3 Å². The quantitative estimate of drug-likeness (QED) is 0.306. The number of hydrogen-bond donors (Lipinski definition) is 0. The molecule has 0 fully saturated rings. The fraction of sp³-hybridized carbons (Fsp3) is 0.125. The second-order valence-electron chi connectivity index (χ2n) is 2.26. The minimum absolute atomic E-state index is 0.236. The van der Waals surface area contributed by atoms with E-state index in [-0.39, 0.29) is 6.61 Å². The first-order valence-corrected chi connectivity index (χ1v) is 3.56. The van der Waals surface area contributed by atoms with Gasteiger partial charge in [0, 0.05) is 10.6 Å². The second kappa shape index (κ2) is 4.79. The summed E-state index contributed by atoms with van der Waals surface area (Å²) in [6.07, 6.45) is 0. The van der Waals surface area contributed by atoms with Crippen LogP contribution in [-0.2, 0) is 16.1 Å². The smallest absolute Gasteiger partial charge is 0.293 e. The zero-order valence-electron chi connectivity index (χ0n) is 6.75. The SMILES string of the molecule is [N-]=[N+]=Nc1ccc(COC=O)cc1. The monoisotopic (exact) mass is 177 g/mol. The third-order valence-electron chi connectivity index (χ3n) is 1.41. The molecule has 0 N–H and O–H groups in total. The van der Waals surface area contributed by atoms with Crippen molar-refractivity contribution in [3.05, 3.63) is 40.3 Å². The molecular formula is C8H7N3O2. The van der Waals surface area contributed by atoms with Gasteiger partial charge in [0.05, 0.1) is 0 Å². The highest BCUT2D eigenvalue weighted by Gasteiger charge is 1.92. The molecule has 0 aliphatic rings. The Hall–Kier alpha value is -2.00. The van der Waals surface area contributed by atoms with E-state index in [1.165, 1.54) is 0 Å². The van der Waals surface area contributed by atoms with E-state index in [9.17, 15) is 4.79 Å². The molecule has 5 heteroatoms. The summed E-state index contributed by atoms with van der Waals surface area (Å²) in [7, 11) is 0. The molecule has 0 aromatic heterocycles. The van der Waals surface area contributed by atoms with Crippen LogP contribution >= 0.6 is 0 Å². The predicted octanol–water partition coefficient (Wildman–Crippen LogP) is 2.30. The Morgan fingerprint density at radius 2 is 2.15 bits per heavy atom. The maximum absolute atomic E-state index is 9.86. The lowest BCUT2D eigenvalue weighted by Crippen LogP contribution is -1.88. The highest BCUT2D eigenvalue weighted by atomic mass is 16.5. The van der Waals surface area contributed by atoms with Gasteiger partial charge in [0.15, 0.2) is 0 Å². The third kappa shape index (κ3) is 2.84. The Balaban J connectivity index is 2.68. The van der Waals surface area contributed by atoms with Gasteiger partial charge in [-0.15, -0.1) is 0 Å². The van der Waals surface area contributed by atoms with Crippen LogP contribution in [0.3, 0.4) is 0 Å². The number of carbonyl (C=O) groups is 1. The van der Waals surface area contributed by atoms with Crippen molar-refractivity contribution in [2.75, 3.05) is 0 Å². The molecular weight excluding hydrogens is 170 g/mol. The second-order valence-corrected chi connectivity index (χ2v) is 2.26. The molecule has 0 saturated carbocycles. The minimum Gasteiger partial charge on any atom is -0.463 e. The molecule has 1 aromatic rings. The molecule has 0 saturated heterocycles. The van der Waals surface area contributed by atoms with Crippen LogP contribution < -0.4 is 0 Å². The molecule has 0 heterocycles. The maximum atomic E-state index is 9.86. The van der Waals surface area contributed by atoms with Crippen molar-refractivity contribution in [2.45, 2.75) is 6.61 Å². The van der Waals surface area contributed by atoms with Crippen molar-refractivity contribution in [1.29, 1.82) is 0 Å². The highest BCUT2D eigenvalue weighted by Crippen LogP contribution is 2.13. The lowest BCUT2D eigenvalue weighted by molar-refractivity contribution is -0.129. The molecule has 66 valence electrons. The van der Waals surface area contributed by atoms with Crippen molar-refractivity contribution in [1.82, 2.24) is 0 Å². The Kier molecular flexibility index (Phi) is 3.35. The molecule has 0 unspecified atom stereocenters. The van der Waals surface area contributed by atoms with Gasteiger partial charge in [-0.3, -0.25) is 4.79 Å². The number of rotatable bonds is 4. The van der Waals surface area contributed by atoms with Gasteiger partial charge in [-0.05, 0) is 11.1 Å². The van der Waals surface area contributed by atoms with Crippen LogP contribution in [0.15, 0.2) is 29.4 Å². The van der Waals surface area contributed by atoms with Gasteiger partial charge < -0.3 is 4.74 Å². The van der Waals surface area contributed by atoms with Gasteiger partial charge in [0.25, 0.3) is 6.47 Å². The largest absolute Gasteiger partial charge is 0.463 e. The van der Waals surface area contributed by atoms with E-state index < -0.39 is 0 Å². The number of benzene rings is 1. The first-order valence-electron chi connectivity index (χ1n) is 3.56. The summed E-state index contributed by atoms with van der Waals surface area (Å²) in [5.41, 5.74) is 9.51. The molecule has 0 aliphatic carbocycles.